The van der Waals surface area contributed by atoms with E-state index in [9.17, 15) is 19.8 Å². The van der Waals surface area contributed by atoms with Gasteiger partial charge in [0, 0.05) is 16.6 Å². The van der Waals surface area contributed by atoms with Gasteiger partial charge in [0.05, 0.1) is 11.6 Å². The van der Waals surface area contributed by atoms with Gasteiger partial charge in [0.15, 0.2) is 0 Å². The number of benzene rings is 2. The van der Waals surface area contributed by atoms with Crippen LogP contribution in [-0.2, 0) is 9.59 Å². The quantitative estimate of drug-likeness (QED) is 0.199. The van der Waals surface area contributed by atoms with Gasteiger partial charge in [0.2, 0.25) is 0 Å². The van der Waals surface area contributed by atoms with Crippen molar-refractivity contribution in [3.05, 3.63) is 69.7 Å². The van der Waals surface area contributed by atoms with E-state index < -0.39 is 17.7 Å². The number of aliphatic hydroxyl groups is 1. The van der Waals surface area contributed by atoms with Gasteiger partial charge in [-0.25, -0.2) is 0 Å². The number of ketones is 1. The van der Waals surface area contributed by atoms with Crippen molar-refractivity contribution in [1.82, 2.24) is 9.80 Å². The van der Waals surface area contributed by atoms with E-state index in [1.54, 1.807) is 41.3 Å². The lowest BCUT2D eigenvalue weighted by molar-refractivity contribution is -0.140. The monoisotopic (exact) mass is 542 g/mol. The van der Waals surface area contributed by atoms with Gasteiger partial charge in [-0.05, 0) is 68.7 Å². The number of amides is 1. The SMILES string of the molecule is CCCCN(CCCC)CCCN1C(=O)C(=O)C(=C(O)c2ccc(Br)cc2)[C@@H]1c1ccc(O)cc1. The number of halogens is 1. The summed E-state index contributed by atoms with van der Waals surface area (Å²) in [6, 6.07) is 12.7. The number of unbranched alkanes of at least 4 members (excludes halogenated alkanes) is 2. The molecule has 2 N–H and O–H groups in total. The zero-order valence-electron chi connectivity index (χ0n) is 20.5. The Hall–Kier alpha value is -2.64. The van der Waals surface area contributed by atoms with E-state index in [0.717, 1.165) is 56.2 Å². The molecule has 0 radical (unpaired) electrons. The molecule has 0 aromatic heterocycles. The standard InChI is InChI=1S/C28H35BrN2O4/c1-3-5-16-30(17-6-4-2)18-7-19-31-25(20-10-14-23(32)15-11-20)24(27(34)28(31)35)26(33)21-8-12-22(29)13-9-21/h8-15,25,32-33H,3-7,16-19H2,1-2H3/t25-/m0/s1. The molecule has 1 amide bonds. The van der Waals surface area contributed by atoms with Crippen LogP contribution in [-0.4, -0.2) is 57.9 Å². The molecule has 1 saturated heterocycles. The molecular weight excluding hydrogens is 508 g/mol. The van der Waals surface area contributed by atoms with Crippen LogP contribution in [0.1, 0.15) is 63.1 Å². The fourth-order valence-electron chi connectivity index (χ4n) is 4.44. The number of Topliss-reactive ketones (excluding diaryl/α,β-unsaturated/α-hetero) is 1. The Bertz CT molecular complexity index is 1030. The van der Waals surface area contributed by atoms with Gasteiger partial charge in [-0.1, -0.05) is 66.9 Å². The van der Waals surface area contributed by atoms with Gasteiger partial charge in [-0.15, -0.1) is 0 Å². The van der Waals surface area contributed by atoms with Crippen LogP contribution >= 0.6 is 15.9 Å². The molecule has 1 fully saturated rings. The zero-order chi connectivity index (χ0) is 25.4. The van der Waals surface area contributed by atoms with Gasteiger partial charge in [-0.2, -0.15) is 0 Å². The fraction of sp³-hybridized carbons (Fsp3) is 0.429. The first-order chi connectivity index (χ1) is 16.9. The maximum absolute atomic E-state index is 13.1. The van der Waals surface area contributed by atoms with Crippen molar-refractivity contribution in [3.63, 3.8) is 0 Å². The summed E-state index contributed by atoms with van der Waals surface area (Å²) in [5, 5.41) is 20.9. The number of hydrogen-bond acceptors (Lipinski definition) is 5. The van der Waals surface area contributed by atoms with E-state index in [1.165, 1.54) is 12.1 Å². The smallest absolute Gasteiger partial charge is 0.295 e. The van der Waals surface area contributed by atoms with E-state index in [2.05, 4.69) is 34.7 Å². The summed E-state index contributed by atoms with van der Waals surface area (Å²) in [7, 11) is 0. The molecule has 1 aliphatic heterocycles. The minimum absolute atomic E-state index is 0.0804. The van der Waals surface area contributed by atoms with Crippen molar-refractivity contribution < 1.29 is 19.8 Å². The third-order valence-electron chi connectivity index (χ3n) is 6.40. The number of carbonyl (C=O) groups is 2. The molecule has 0 saturated carbocycles. The van der Waals surface area contributed by atoms with E-state index in [4.69, 9.17) is 0 Å². The predicted octanol–water partition coefficient (Wildman–Crippen LogP) is 5.87. The third kappa shape index (κ3) is 6.73. The van der Waals surface area contributed by atoms with Gasteiger partial charge in [0.25, 0.3) is 11.7 Å². The first-order valence-corrected chi connectivity index (χ1v) is 13.2. The summed E-state index contributed by atoms with van der Waals surface area (Å²) in [6.45, 7) is 7.67. The van der Waals surface area contributed by atoms with E-state index in [0.29, 0.717) is 17.7 Å². The summed E-state index contributed by atoms with van der Waals surface area (Å²) in [5.41, 5.74) is 1.23. The Labute approximate surface area is 216 Å². The molecule has 3 rings (SSSR count). The molecule has 188 valence electrons. The summed E-state index contributed by atoms with van der Waals surface area (Å²) in [5.74, 6) is -1.38. The van der Waals surface area contributed by atoms with Crippen LogP contribution in [0, 0.1) is 0 Å². The lowest BCUT2D eigenvalue weighted by Gasteiger charge is -2.27. The van der Waals surface area contributed by atoms with E-state index in [-0.39, 0.29) is 17.1 Å². The van der Waals surface area contributed by atoms with Crippen LogP contribution in [0.5, 0.6) is 5.75 Å². The average molecular weight is 544 g/mol. The number of rotatable bonds is 12. The van der Waals surface area contributed by atoms with Crippen LogP contribution in [0.4, 0.5) is 0 Å². The van der Waals surface area contributed by atoms with Crippen molar-refractivity contribution >= 4 is 33.4 Å². The van der Waals surface area contributed by atoms with Crippen molar-refractivity contribution in [2.45, 2.75) is 52.0 Å². The summed E-state index contributed by atoms with van der Waals surface area (Å²) in [6.07, 6.45) is 5.26. The first-order valence-electron chi connectivity index (χ1n) is 12.4. The molecule has 2 aromatic rings. The van der Waals surface area contributed by atoms with Gasteiger partial charge in [0.1, 0.15) is 11.5 Å². The third-order valence-corrected chi connectivity index (χ3v) is 6.92. The number of likely N-dealkylation sites (tertiary alicyclic amines) is 1. The predicted molar refractivity (Wildman–Crippen MR) is 142 cm³/mol. The molecule has 1 atom stereocenters. The highest BCUT2D eigenvalue weighted by molar-refractivity contribution is 9.10. The number of aliphatic hydroxyl groups excluding tert-OH is 1. The van der Waals surface area contributed by atoms with Crippen LogP contribution in [0.15, 0.2) is 58.6 Å². The topological polar surface area (TPSA) is 81.1 Å². The summed E-state index contributed by atoms with van der Waals surface area (Å²) >= 11 is 3.38. The second-order valence-electron chi connectivity index (χ2n) is 8.99. The number of aromatic hydroxyl groups is 1. The second kappa shape index (κ2) is 12.9. The largest absolute Gasteiger partial charge is 0.508 e. The Morgan fingerprint density at radius 3 is 2.06 bits per heavy atom. The molecule has 0 spiro atoms. The van der Waals surface area contributed by atoms with Crippen LogP contribution < -0.4 is 0 Å². The van der Waals surface area contributed by atoms with Crippen molar-refractivity contribution in [3.8, 4) is 5.75 Å². The molecule has 7 heteroatoms. The van der Waals surface area contributed by atoms with Crippen molar-refractivity contribution in [2.75, 3.05) is 26.2 Å². The molecule has 0 unspecified atom stereocenters. The molecule has 0 aliphatic carbocycles. The normalized spacial score (nSPS) is 17.5. The summed E-state index contributed by atoms with van der Waals surface area (Å²) in [4.78, 5) is 30.3. The Morgan fingerprint density at radius 2 is 1.49 bits per heavy atom. The minimum Gasteiger partial charge on any atom is -0.508 e. The van der Waals surface area contributed by atoms with E-state index in [1.807, 2.05) is 0 Å². The number of hydrogen-bond donors (Lipinski definition) is 2. The fourth-order valence-corrected chi connectivity index (χ4v) is 4.70. The van der Waals surface area contributed by atoms with E-state index >= 15 is 0 Å². The lowest BCUT2D eigenvalue weighted by Crippen LogP contribution is -2.34. The van der Waals surface area contributed by atoms with Gasteiger partial charge < -0.3 is 20.0 Å². The number of phenols is 1. The minimum atomic E-state index is -0.709. The highest BCUT2D eigenvalue weighted by Gasteiger charge is 2.45. The Kier molecular flexibility index (Phi) is 9.93. The van der Waals surface area contributed by atoms with Crippen LogP contribution in [0.25, 0.3) is 5.76 Å². The molecule has 2 aromatic carbocycles. The van der Waals surface area contributed by atoms with Crippen LogP contribution in [0.3, 0.4) is 0 Å². The molecule has 0 bridgehead atoms. The molecule has 6 nitrogen and oxygen atoms in total. The Morgan fingerprint density at radius 1 is 0.914 bits per heavy atom. The average Bonchev–Trinajstić information content (AvgIpc) is 3.10. The zero-order valence-corrected chi connectivity index (χ0v) is 22.1. The molecule has 35 heavy (non-hydrogen) atoms. The molecular formula is C28H35BrN2O4. The molecule has 1 heterocycles. The first kappa shape index (κ1) is 27.0. The maximum atomic E-state index is 13.1. The van der Waals surface area contributed by atoms with Crippen molar-refractivity contribution in [2.24, 2.45) is 0 Å². The number of carbonyl (C=O) groups excluding carboxylic acids is 2. The lowest BCUT2D eigenvalue weighted by atomic mass is 9.95. The maximum Gasteiger partial charge on any atom is 0.295 e. The van der Waals surface area contributed by atoms with Gasteiger partial charge in [-0.3, -0.25) is 9.59 Å². The Balaban J connectivity index is 1.90. The summed E-state index contributed by atoms with van der Waals surface area (Å²) < 4.78 is 0.847. The van der Waals surface area contributed by atoms with Gasteiger partial charge >= 0.3 is 0 Å². The number of phenolic OH excluding ortho intramolecular Hbond substituents is 1. The van der Waals surface area contributed by atoms with Crippen LogP contribution in [0.2, 0.25) is 0 Å². The molecule has 1 aliphatic rings. The highest BCUT2D eigenvalue weighted by Crippen LogP contribution is 2.40. The second-order valence-corrected chi connectivity index (χ2v) is 9.91. The van der Waals surface area contributed by atoms with Crippen molar-refractivity contribution in [1.29, 1.82) is 0 Å². The highest BCUT2D eigenvalue weighted by atomic mass is 79.9. The number of nitrogens with zero attached hydrogens (tertiary/aromatic N) is 2.